The van der Waals surface area contributed by atoms with E-state index in [-0.39, 0.29) is 0 Å². The van der Waals surface area contributed by atoms with Gasteiger partial charge in [0.05, 0.1) is 12.2 Å². The van der Waals surface area contributed by atoms with Crippen LogP contribution in [0.25, 0.3) is 0 Å². The van der Waals surface area contributed by atoms with Crippen molar-refractivity contribution in [3.63, 3.8) is 0 Å². The molecule has 0 spiro atoms. The normalized spacial score (nSPS) is 12.7. The van der Waals surface area contributed by atoms with Gasteiger partial charge in [-0.3, -0.25) is 4.68 Å². The lowest BCUT2D eigenvalue weighted by atomic mass is 10.0. The van der Waals surface area contributed by atoms with Gasteiger partial charge in [0.15, 0.2) is 0 Å². The Morgan fingerprint density at radius 2 is 1.89 bits per heavy atom. The molecule has 2 rings (SSSR count). The molecule has 2 N–H and O–H groups in total. The molecular weight excluding hydrogens is 222 g/mol. The summed E-state index contributed by atoms with van der Waals surface area (Å²) in [6.07, 6.45) is 0. The topological polar surface area (TPSA) is 43.8 Å². The van der Waals surface area contributed by atoms with Gasteiger partial charge in [-0.2, -0.15) is 5.10 Å². The van der Waals surface area contributed by atoms with Crippen molar-refractivity contribution in [2.45, 2.75) is 33.2 Å². The lowest BCUT2D eigenvalue weighted by molar-refractivity contribution is 0.658. The summed E-state index contributed by atoms with van der Waals surface area (Å²) in [5.74, 6) is 0.424. The van der Waals surface area contributed by atoms with Crippen LogP contribution in [0.5, 0.6) is 0 Å². The van der Waals surface area contributed by atoms with E-state index in [2.05, 4.69) is 49.3 Å². The second-order valence-corrected chi connectivity index (χ2v) is 4.96. The molecule has 1 atom stereocenters. The molecule has 3 nitrogen and oxygen atoms in total. The number of nitrogens with two attached hydrogens (primary N) is 1. The van der Waals surface area contributed by atoms with E-state index in [0.29, 0.717) is 12.5 Å². The summed E-state index contributed by atoms with van der Waals surface area (Å²) < 4.78 is 2.04. The van der Waals surface area contributed by atoms with Crippen LogP contribution in [0.15, 0.2) is 30.3 Å². The summed E-state index contributed by atoms with van der Waals surface area (Å²) in [6, 6.07) is 10.8. The van der Waals surface area contributed by atoms with Gasteiger partial charge in [-0.15, -0.1) is 0 Å². The van der Waals surface area contributed by atoms with E-state index in [0.717, 1.165) is 12.2 Å². The molecule has 0 fully saturated rings. The summed E-state index contributed by atoms with van der Waals surface area (Å²) >= 11 is 0. The number of hydrogen-bond acceptors (Lipinski definition) is 2. The molecular formula is C15H21N3. The maximum Gasteiger partial charge on any atom is 0.0662 e. The lowest BCUT2D eigenvalue weighted by Gasteiger charge is -2.10. The summed E-state index contributed by atoms with van der Waals surface area (Å²) in [6.45, 7) is 7.78. The maximum atomic E-state index is 5.67. The molecule has 1 heterocycles. The highest BCUT2D eigenvalue weighted by Crippen LogP contribution is 2.15. The van der Waals surface area contributed by atoms with E-state index in [1.807, 2.05) is 11.6 Å². The molecule has 1 aromatic carbocycles. The van der Waals surface area contributed by atoms with Gasteiger partial charge in [-0.05, 0) is 43.5 Å². The van der Waals surface area contributed by atoms with Crippen LogP contribution >= 0.6 is 0 Å². The van der Waals surface area contributed by atoms with Crippen LogP contribution in [0.4, 0.5) is 0 Å². The third-order valence-corrected chi connectivity index (χ3v) is 3.34. The lowest BCUT2D eigenvalue weighted by Crippen LogP contribution is -2.09. The Morgan fingerprint density at radius 3 is 2.39 bits per heavy atom. The Hall–Kier alpha value is -1.61. The summed E-state index contributed by atoms with van der Waals surface area (Å²) in [5, 5.41) is 4.48. The van der Waals surface area contributed by atoms with E-state index >= 15 is 0 Å². The molecule has 1 unspecified atom stereocenters. The Labute approximate surface area is 109 Å². The second-order valence-electron chi connectivity index (χ2n) is 4.96. The smallest absolute Gasteiger partial charge is 0.0662 e. The minimum atomic E-state index is 0.424. The van der Waals surface area contributed by atoms with Crippen LogP contribution in [0.1, 0.15) is 35.4 Å². The van der Waals surface area contributed by atoms with Gasteiger partial charge in [0.2, 0.25) is 0 Å². The number of benzene rings is 1. The first-order valence-electron chi connectivity index (χ1n) is 6.40. The molecule has 96 valence electrons. The first-order chi connectivity index (χ1) is 8.60. The number of rotatable bonds is 4. The molecule has 0 bridgehead atoms. The van der Waals surface area contributed by atoms with Gasteiger partial charge in [-0.25, -0.2) is 0 Å². The standard InChI is InChI=1S/C15H21N3/c1-11(9-16)15-6-4-14(5-7-15)10-18-13(3)8-12(2)17-18/h4-8,11H,9-10,16H2,1-3H3. The minimum absolute atomic E-state index is 0.424. The van der Waals surface area contributed by atoms with Crippen molar-refractivity contribution < 1.29 is 0 Å². The molecule has 0 radical (unpaired) electrons. The fourth-order valence-electron chi connectivity index (χ4n) is 2.10. The van der Waals surface area contributed by atoms with Crippen molar-refractivity contribution in [2.75, 3.05) is 6.54 Å². The zero-order valence-corrected chi connectivity index (χ0v) is 11.4. The highest BCUT2D eigenvalue weighted by Gasteiger charge is 2.04. The van der Waals surface area contributed by atoms with Crippen molar-refractivity contribution in [1.29, 1.82) is 0 Å². The van der Waals surface area contributed by atoms with Crippen molar-refractivity contribution >= 4 is 0 Å². The first kappa shape index (κ1) is 12.8. The molecule has 0 amide bonds. The highest BCUT2D eigenvalue weighted by molar-refractivity contribution is 5.25. The number of hydrogen-bond donors (Lipinski definition) is 1. The van der Waals surface area contributed by atoms with Gasteiger partial charge >= 0.3 is 0 Å². The number of aromatic nitrogens is 2. The van der Waals surface area contributed by atoms with Crippen molar-refractivity contribution in [3.05, 3.63) is 52.8 Å². The van der Waals surface area contributed by atoms with Crippen LogP contribution in [-0.2, 0) is 6.54 Å². The second kappa shape index (κ2) is 5.36. The Balaban J connectivity index is 2.13. The van der Waals surface area contributed by atoms with Gasteiger partial charge in [0.1, 0.15) is 0 Å². The van der Waals surface area contributed by atoms with Crippen LogP contribution < -0.4 is 5.73 Å². The maximum absolute atomic E-state index is 5.67. The van der Waals surface area contributed by atoms with E-state index in [4.69, 9.17) is 5.73 Å². The molecule has 1 aromatic heterocycles. The monoisotopic (exact) mass is 243 g/mol. The first-order valence-corrected chi connectivity index (χ1v) is 6.40. The fraction of sp³-hybridized carbons (Fsp3) is 0.400. The molecule has 0 aliphatic carbocycles. The van der Waals surface area contributed by atoms with Crippen LogP contribution in [0.3, 0.4) is 0 Å². The third kappa shape index (κ3) is 2.79. The Morgan fingerprint density at radius 1 is 1.22 bits per heavy atom. The average molecular weight is 243 g/mol. The largest absolute Gasteiger partial charge is 0.330 e. The summed E-state index contributed by atoms with van der Waals surface area (Å²) in [5.41, 5.74) is 10.5. The van der Waals surface area contributed by atoms with Crippen molar-refractivity contribution in [3.8, 4) is 0 Å². The quantitative estimate of drug-likeness (QED) is 0.897. The number of aryl methyl sites for hydroxylation is 2. The van der Waals surface area contributed by atoms with E-state index < -0.39 is 0 Å². The molecule has 0 saturated carbocycles. The van der Waals surface area contributed by atoms with E-state index in [1.165, 1.54) is 16.8 Å². The zero-order valence-electron chi connectivity index (χ0n) is 11.4. The molecule has 3 heteroatoms. The van der Waals surface area contributed by atoms with Gasteiger partial charge < -0.3 is 5.73 Å². The highest BCUT2D eigenvalue weighted by atomic mass is 15.3. The van der Waals surface area contributed by atoms with Gasteiger partial charge in [-0.1, -0.05) is 31.2 Å². The van der Waals surface area contributed by atoms with Gasteiger partial charge in [0, 0.05) is 5.69 Å². The SMILES string of the molecule is Cc1cc(C)n(Cc2ccc(C(C)CN)cc2)n1. The summed E-state index contributed by atoms with van der Waals surface area (Å²) in [7, 11) is 0. The van der Waals surface area contributed by atoms with E-state index in [1.54, 1.807) is 0 Å². The van der Waals surface area contributed by atoms with Gasteiger partial charge in [0.25, 0.3) is 0 Å². The van der Waals surface area contributed by atoms with Crippen molar-refractivity contribution in [2.24, 2.45) is 5.73 Å². The average Bonchev–Trinajstić information content (AvgIpc) is 2.68. The molecule has 2 aromatic rings. The van der Waals surface area contributed by atoms with Crippen LogP contribution in [0, 0.1) is 13.8 Å². The predicted octanol–water partition coefficient (Wildman–Crippen LogP) is 2.61. The Kier molecular flexibility index (Phi) is 3.82. The molecule has 18 heavy (non-hydrogen) atoms. The zero-order chi connectivity index (χ0) is 13.1. The molecule has 0 aliphatic rings. The fourth-order valence-corrected chi connectivity index (χ4v) is 2.10. The summed E-state index contributed by atoms with van der Waals surface area (Å²) in [4.78, 5) is 0. The van der Waals surface area contributed by atoms with Crippen molar-refractivity contribution in [1.82, 2.24) is 9.78 Å². The third-order valence-electron chi connectivity index (χ3n) is 3.34. The number of nitrogens with zero attached hydrogens (tertiary/aromatic N) is 2. The molecule has 0 aliphatic heterocycles. The Bertz CT molecular complexity index is 511. The minimum Gasteiger partial charge on any atom is -0.330 e. The molecule has 0 saturated heterocycles. The van der Waals surface area contributed by atoms with E-state index in [9.17, 15) is 0 Å². The predicted molar refractivity (Wildman–Crippen MR) is 74.7 cm³/mol. The van der Waals surface area contributed by atoms with Crippen LogP contribution in [-0.4, -0.2) is 16.3 Å². The van der Waals surface area contributed by atoms with Crippen LogP contribution in [0.2, 0.25) is 0 Å².